The van der Waals surface area contributed by atoms with Gasteiger partial charge in [-0.15, -0.1) is 0 Å². The first-order valence-electron chi connectivity index (χ1n) is 5.13. The maximum atomic E-state index is 12.0. The van der Waals surface area contributed by atoms with Crippen LogP contribution in [-0.2, 0) is 10.2 Å². The highest BCUT2D eigenvalue weighted by atomic mass is 32.2. The number of nitrogens with zero attached hydrogens (tertiary/aromatic N) is 2. The van der Waals surface area contributed by atoms with Crippen molar-refractivity contribution in [2.75, 3.05) is 20.6 Å². The lowest BCUT2D eigenvalue weighted by atomic mass is 10.2. The van der Waals surface area contributed by atoms with Crippen LogP contribution in [0.4, 0.5) is 0 Å². The molecule has 0 aliphatic rings. The number of nitrogens with one attached hydrogen (secondary N) is 1. The zero-order valence-electron chi connectivity index (χ0n) is 10.6. The van der Waals surface area contributed by atoms with Gasteiger partial charge in [0.2, 0.25) is 0 Å². The first-order chi connectivity index (χ1) is 7.10. The monoisotopic (exact) mass is 250 g/mol. The van der Waals surface area contributed by atoms with Crippen molar-refractivity contribution in [3.05, 3.63) is 0 Å². The molecule has 1 unspecified atom stereocenters. The third-order valence-corrected chi connectivity index (χ3v) is 4.63. The fourth-order valence-electron chi connectivity index (χ4n) is 1.06. The molecule has 3 N–H and O–H groups in total. The summed E-state index contributed by atoms with van der Waals surface area (Å²) in [6.45, 7) is 5.55. The molecule has 0 amide bonds. The topological polar surface area (TPSA) is 90.5 Å². The molecule has 0 aliphatic carbocycles. The average Bonchev–Trinajstić information content (AvgIpc) is 2.15. The molecule has 96 valence electrons. The second kappa shape index (κ2) is 5.60. The highest BCUT2D eigenvalue weighted by Gasteiger charge is 2.27. The highest BCUT2D eigenvalue weighted by molar-refractivity contribution is 7.86. The predicted molar refractivity (Wildman–Crippen MR) is 65.5 cm³/mol. The van der Waals surface area contributed by atoms with Crippen molar-refractivity contribution >= 4 is 16.0 Å². The summed E-state index contributed by atoms with van der Waals surface area (Å²) in [5.74, 6) is -0.283. The van der Waals surface area contributed by atoms with Gasteiger partial charge in [0, 0.05) is 32.6 Å². The number of hydrogen-bond acceptors (Lipinski definition) is 3. The number of nitrogens with two attached hydrogens (primary N) is 1. The van der Waals surface area contributed by atoms with Gasteiger partial charge < -0.3 is 5.73 Å². The van der Waals surface area contributed by atoms with Crippen LogP contribution in [-0.4, -0.2) is 49.5 Å². The first kappa shape index (κ1) is 15.3. The van der Waals surface area contributed by atoms with Crippen LogP contribution in [0.1, 0.15) is 20.8 Å². The Bertz CT molecular complexity index is 339. The smallest absolute Gasteiger partial charge is 0.281 e. The van der Waals surface area contributed by atoms with Crippen LogP contribution in [0.5, 0.6) is 0 Å². The lowest BCUT2D eigenvalue weighted by Gasteiger charge is -2.28. The van der Waals surface area contributed by atoms with E-state index in [9.17, 15) is 8.42 Å². The maximum absolute atomic E-state index is 12.0. The summed E-state index contributed by atoms with van der Waals surface area (Å²) < 4.78 is 26.5. The molecule has 0 rings (SSSR count). The van der Waals surface area contributed by atoms with Gasteiger partial charge in [-0.1, -0.05) is 6.92 Å². The molecule has 0 aliphatic heterocycles. The standard InChI is InChI=1S/C9H22N4O2S/c1-7(2)13(5)16(14,15)12(4)6-8(3)9(10)11/h7-8H,6H2,1-5H3,(H3,10,11). The summed E-state index contributed by atoms with van der Waals surface area (Å²) in [5, 5.41) is 7.23. The van der Waals surface area contributed by atoms with Gasteiger partial charge in [-0.3, -0.25) is 5.41 Å². The van der Waals surface area contributed by atoms with Gasteiger partial charge in [-0.05, 0) is 13.8 Å². The fourth-order valence-corrected chi connectivity index (χ4v) is 2.45. The van der Waals surface area contributed by atoms with E-state index in [2.05, 4.69) is 0 Å². The SMILES string of the molecule is CC(CN(C)S(=O)(=O)N(C)C(C)C)C(=N)N. The molecule has 1 atom stereocenters. The Hall–Kier alpha value is -0.660. The van der Waals surface area contributed by atoms with E-state index >= 15 is 0 Å². The van der Waals surface area contributed by atoms with Crippen molar-refractivity contribution < 1.29 is 8.42 Å². The van der Waals surface area contributed by atoms with Gasteiger partial charge in [-0.2, -0.15) is 17.0 Å². The van der Waals surface area contributed by atoms with E-state index in [4.69, 9.17) is 11.1 Å². The van der Waals surface area contributed by atoms with Crippen molar-refractivity contribution in [1.29, 1.82) is 5.41 Å². The Morgan fingerprint density at radius 3 is 2.06 bits per heavy atom. The van der Waals surface area contributed by atoms with E-state index in [0.717, 1.165) is 0 Å². The molecule has 0 heterocycles. The Morgan fingerprint density at radius 2 is 1.75 bits per heavy atom. The summed E-state index contributed by atoms with van der Waals surface area (Å²) in [6, 6.07) is -0.0971. The second-order valence-electron chi connectivity index (χ2n) is 4.25. The fraction of sp³-hybridized carbons (Fsp3) is 0.889. The van der Waals surface area contributed by atoms with Crippen molar-refractivity contribution in [1.82, 2.24) is 8.61 Å². The van der Waals surface area contributed by atoms with E-state index in [0.29, 0.717) is 0 Å². The van der Waals surface area contributed by atoms with E-state index < -0.39 is 10.2 Å². The van der Waals surface area contributed by atoms with Crippen molar-refractivity contribution in [3.8, 4) is 0 Å². The highest BCUT2D eigenvalue weighted by Crippen LogP contribution is 2.10. The summed E-state index contributed by atoms with van der Waals surface area (Å²) in [4.78, 5) is 0. The van der Waals surface area contributed by atoms with Crippen molar-refractivity contribution in [2.45, 2.75) is 26.8 Å². The molecule has 0 radical (unpaired) electrons. The predicted octanol–water partition coefficient (Wildman–Crippen LogP) is 0.0753. The Labute approximate surface area is 98.1 Å². The molecule has 0 bridgehead atoms. The van der Waals surface area contributed by atoms with E-state index in [1.54, 1.807) is 20.8 Å². The van der Waals surface area contributed by atoms with Crippen LogP contribution in [0, 0.1) is 11.3 Å². The van der Waals surface area contributed by atoms with Gasteiger partial charge in [0.1, 0.15) is 0 Å². The lowest BCUT2D eigenvalue weighted by molar-refractivity contribution is 0.350. The largest absolute Gasteiger partial charge is 0.387 e. The van der Waals surface area contributed by atoms with Gasteiger partial charge in [0.15, 0.2) is 0 Å². The molecule has 0 aromatic rings. The summed E-state index contributed by atoms with van der Waals surface area (Å²) in [5.41, 5.74) is 5.31. The molecule has 0 spiro atoms. The third kappa shape index (κ3) is 3.73. The van der Waals surface area contributed by atoms with Gasteiger partial charge in [-0.25, -0.2) is 0 Å². The molecular weight excluding hydrogens is 228 g/mol. The molecule has 0 saturated heterocycles. The zero-order valence-corrected chi connectivity index (χ0v) is 11.4. The van der Waals surface area contributed by atoms with Crippen molar-refractivity contribution in [2.24, 2.45) is 11.7 Å². The van der Waals surface area contributed by atoms with Gasteiger partial charge in [0.05, 0.1) is 5.84 Å². The normalized spacial score (nSPS) is 14.8. The quantitative estimate of drug-likeness (QED) is 0.516. The molecule has 0 fully saturated rings. The summed E-state index contributed by atoms with van der Waals surface area (Å²) in [6.07, 6.45) is 0. The molecule has 16 heavy (non-hydrogen) atoms. The van der Waals surface area contributed by atoms with Crippen LogP contribution in [0.2, 0.25) is 0 Å². The molecule has 0 aromatic heterocycles. The molecular formula is C9H22N4O2S. The zero-order chi connectivity index (χ0) is 13.1. The third-order valence-electron chi connectivity index (χ3n) is 2.55. The van der Waals surface area contributed by atoms with E-state index in [1.165, 1.54) is 22.7 Å². The summed E-state index contributed by atoms with van der Waals surface area (Å²) >= 11 is 0. The molecule has 7 heteroatoms. The molecule has 0 saturated carbocycles. The lowest BCUT2D eigenvalue weighted by Crippen LogP contribution is -2.45. The van der Waals surface area contributed by atoms with E-state index in [-0.39, 0.29) is 24.3 Å². The minimum absolute atomic E-state index is 0.00532. The first-order valence-corrected chi connectivity index (χ1v) is 6.53. The Kier molecular flexibility index (Phi) is 5.37. The molecule has 6 nitrogen and oxygen atoms in total. The minimum atomic E-state index is -3.45. The average molecular weight is 250 g/mol. The summed E-state index contributed by atoms with van der Waals surface area (Å²) in [7, 11) is -0.422. The van der Waals surface area contributed by atoms with Crippen LogP contribution in [0.15, 0.2) is 0 Å². The second-order valence-corrected chi connectivity index (χ2v) is 6.35. The Morgan fingerprint density at radius 1 is 1.31 bits per heavy atom. The van der Waals surface area contributed by atoms with Crippen LogP contribution >= 0.6 is 0 Å². The maximum Gasteiger partial charge on any atom is 0.281 e. The number of rotatable bonds is 6. The van der Waals surface area contributed by atoms with Crippen LogP contribution in [0.25, 0.3) is 0 Å². The number of amidine groups is 1. The minimum Gasteiger partial charge on any atom is -0.387 e. The van der Waals surface area contributed by atoms with Gasteiger partial charge in [0.25, 0.3) is 10.2 Å². The van der Waals surface area contributed by atoms with E-state index in [1.807, 2.05) is 0 Å². The van der Waals surface area contributed by atoms with Crippen molar-refractivity contribution in [3.63, 3.8) is 0 Å². The Balaban J connectivity index is 4.72. The number of hydrogen-bond donors (Lipinski definition) is 2. The van der Waals surface area contributed by atoms with Crippen LogP contribution in [0.3, 0.4) is 0 Å². The molecule has 0 aromatic carbocycles. The van der Waals surface area contributed by atoms with Gasteiger partial charge >= 0.3 is 0 Å². The van der Waals surface area contributed by atoms with Crippen LogP contribution < -0.4 is 5.73 Å².